The van der Waals surface area contributed by atoms with Crippen LogP contribution in [0.3, 0.4) is 0 Å². The van der Waals surface area contributed by atoms with E-state index in [1.54, 1.807) is 0 Å². The lowest BCUT2D eigenvalue weighted by atomic mass is 10.1. The van der Waals surface area contributed by atoms with E-state index in [9.17, 15) is 4.79 Å². The number of anilines is 1. The first-order valence-corrected chi connectivity index (χ1v) is 7.07. The average Bonchev–Trinajstić information content (AvgIpc) is 2.81. The standard InChI is InChI=1S/C11H19N5OS/c1-3-12-11-15-14-10(18-11)9(17)13-8-4-6-16(2)7-5-8/h8H,3-7H2,1-2H3,(H,12,15)(H,13,17). The fourth-order valence-corrected chi connectivity index (χ4v) is 2.65. The van der Waals surface area contributed by atoms with Crippen molar-refractivity contribution in [2.24, 2.45) is 0 Å². The molecule has 7 heteroatoms. The second kappa shape index (κ2) is 6.10. The lowest BCUT2D eigenvalue weighted by molar-refractivity contribution is 0.0916. The van der Waals surface area contributed by atoms with Crippen molar-refractivity contribution in [2.45, 2.75) is 25.8 Å². The molecule has 100 valence electrons. The van der Waals surface area contributed by atoms with Crippen LogP contribution in [-0.4, -0.2) is 53.7 Å². The molecule has 0 unspecified atom stereocenters. The maximum absolute atomic E-state index is 12.0. The Morgan fingerprint density at radius 3 is 2.83 bits per heavy atom. The van der Waals surface area contributed by atoms with Crippen LogP contribution in [0.15, 0.2) is 0 Å². The van der Waals surface area contributed by atoms with Gasteiger partial charge in [0.1, 0.15) is 0 Å². The Morgan fingerprint density at radius 2 is 2.17 bits per heavy atom. The molecule has 0 atom stereocenters. The monoisotopic (exact) mass is 269 g/mol. The Labute approximate surface area is 111 Å². The molecule has 0 spiro atoms. The molecule has 1 fully saturated rings. The van der Waals surface area contributed by atoms with Crippen molar-refractivity contribution in [3.63, 3.8) is 0 Å². The molecule has 0 bridgehead atoms. The summed E-state index contributed by atoms with van der Waals surface area (Å²) in [6.07, 6.45) is 2.00. The predicted molar refractivity (Wildman–Crippen MR) is 72.1 cm³/mol. The van der Waals surface area contributed by atoms with E-state index < -0.39 is 0 Å². The van der Waals surface area contributed by atoms with Crippen molar-refractivity contribution in [3.05, 3.63) is 5.01 Å². The molecule has 6 nitrogen and oxygen atoms in total. The van der Waals surface area contributed by atoms with E-state index >= 15 is 0 Å². The van der Waals surface area contributed by atoms with E-state index in [0.717, 1.165) is 32.5 Å². The molecule has 0 saturated carbocycles. The van der Waals surface area contributed by atoms with Gasteiger partial charge >= 0.3 is 0 Å². The molecule has 18 heavy (non-hydrogen) atoms. The van der Waals surface area contributed by atoms with Crippen LogP contribution in [0.25, 0.3) is 0 Å². The number of aromatic nitrogens is 2. The first kappa shape index (κ1) is 13.2. The van der Waals surface area contributed by atoms with E-state index in [1.165, 1.54) is 11.3 Å². The fraction of sp³-hybridized carbons (Fsp3) is 0.727. The summed E-state index contributed by atoms with van der Waals surface area (Å²) in [6.45, 7) is 4.83. The first-order valence-electron chi connectivity index (χ1n) is 6.26. The lowest BCUT2D eigenvalue weighted by Crippen LogP contribution is -2.43. The molecular formula is C11H19N5OS. The van der Waals surface area contributed by atoms with Crippen LogP contribution < -0.4 is 10.6 Å². The Bertz CT molecular complexity index is 400. The number of carbonyl (C=O) groups is 1. The number of hydrogen-bond acceptors (Lipinski definition) is 6. The second-order valence-electron chi connectivity index (χ2n) is 4.49. The molecule has 1 amide bonds. The van der Waals surface area contributed by atoms with Gasteiger partial charge in [-0.25, -0.2) is 0 Å². The molecule has 0 aliphatic carbocycles. The highest BCUT2D eigenvalue weighted by molar-refractivity contribution is 7.17. The number of rotatable bonds is 4. The van der Waals surface area contributed by atoms with Crippen molar-refractivity contribution in [2.75, 3.05) is 32.0 Å². The summed E-state index contributed by atoms with van der Waals surface area (Å²) in [4.78, 5) is 14.2. The Morgan fingerprint density at radius 1 is 1.44 bits per heavy atom. The van der Waals surface area contributed by atoms with E-state index in [1.807, 2.05) is 6.92 Å². The summed E-state index contributed by atoms with van der Waals surface area (Å²) in [5.41, 5.74) is 0. The average molecular weight is 269 g/mol. The molecule has 1 saturated heterocycles. The molecule has 1 aliphatic heterocycles. The largest absolute Gasteiger partial charge is 0.360 e. The van der Waals surface area contributed by atoms with E-state index in [4.69, 9.17) is 0 Å². The number of piperidine rings is 1. The van der Waals surface area contributed by atoms with Gasteiger partial charge in [0.05, 0.1) is 0 Å². The van der Waals surface area contributed by atoms with Crippen molar-refractivity contribution >= 4 is 22.4 Å². The molecule has 0 aromatic carbocycles. The van der Waals surface area contributed by atoms with Crippen molar-refractivity contribution in [1.29, 1.82) is 0 Å². The summed E-state index contributed by atoms with van der Waals surface area (Å²) in [6, 6.07) is 0.264. The zero-order chi connectivity index (χ0) is 13.0. The summed E-state index contributed by atoms with van der Waals surface area (Å²) >= 11 is 1.30. The van der Waals surface area contributed by atoms with Crippen LogP contribution in [0.2, 0.25) is 0 Å². The predicted octanol–water partition coefficient (Wildman–Crippen LogP) is 0.794. The highest BCUT2D eigenvalue weighted by Crippen LogP contribution is 2.16. The minimum Gasteiger partial charge on any atom is -0.360 e. The van der Waals surface area contributed by atoms with Gasteiger partial charge < -0.3 is 15.5 Å². The minimum atomic E-state index is -0.105. The number of nitrogens with one attached hydrogen (secondary N) is 2. The summed E-state index contributed by atoms with van der Waals surface area (Å²) in [7, 11) is 2.10. The molecule has 2 rings (SSSR count). The number of nitrogens with zero attached hydrogens (tertiary/aromatic N) is 3. The number of carbonyl (C=O) groups excluding carboxylic acids is 1. The third-order valence-corrected chi connectivity index (χ3v) is 3.88. The molecule has 1 aromatic rings. The van der Waals surface area contributed by atoms with E-state index in [-0.39, 0.29) is 11.9 Å². The zero-order valence-corrected chi connectivity index (χ0v) is 11.6. The van der Waals surface area contributed by atoms with Crippen LogP contribution in [0.4, 0.5) is 5.13 Å². The number of amides is 1. The summed E-state index contributed by atoms with van der Waals surface area (Å²) < 4.78 is 0. The fourth-order valence-electron chi connectivity index (χ4n) is 1.94. The van der Waals surface area contributed by atoms with Crippen LogP contribution in [-0.2, 0) is 0 Å². The summed E-state index contributed by atoms with van der Waals surface area (Å²) in [5.74, 6) is -0.105. The Balaban J connectivity index is 1.86. The van der Waals surface area contributed by atoms with Gasteiger partial charge in [0.15, 0.2) is 0 Å². The SMILES string of the molecule is CCNc1nnc(C(=O)NC2CCN(C)CC2)s1. The first-order chi connectivity index (χ1) is 8.69. The third kappa shape index (κ3) is 3.39. The molecule has 2 N–H and O–H groups in total. The van der Waals surface area contributed by atoms with Gasteiger partial charge in [-0.2, -0.15) is 0 Å². The quantitative estimate of drug-likeness (QED) is 0.846. The minimum absolute atomic E-state index is 0.105. The van der Waals surface area contributed by atoms with E-state index in [2.05, 4.69) is 32.8 Å². The van der Waals surface area contributed by atoms with Crippen molar-refractivity contribution in [3.8, 4) is 0 Å². The number of likely N-dealkylation sites (tertiary alicyclic amines) is 1. The molecule has 0 radical (unpaired) electrons. The van der Waals surface area contributed by atoms with Crippen LogP contribution in [0.5, 0.6) is 0 Å². The zero-order valence-electron chi connectivity index (χ0n) is 10.8. The molecule has 1 aliphatic rings. The van der Waals surface area contributed by atoms with Crippen LogP contribution in [0.1, 0.15) is 29.6 Å². The second-order valence-corrected chi connectivity index (χ2v) is 5.47. The van der Waals surface area contributed by atoms with Gasteiger partial charge in [0, 0.05) is 12.6 Å². The van der Waals surface area contributed by atoms with Gasteiger partial charge in [-0.15, -0.1) is 10.2 Å². The maximum Gasteiger partial charge on any atom is 0.282 e. The lowest BCUT2D eigenvalue weighted by Gasteiger charge is -2.29. The topological polar surface area (TPSA) is 70.1 Å². The maximum atomic E-state index is 12.0. The van der Waals surface area contributed by atoms with Gasteiger partial charge in [-0.05, 0) is 39.9 Å². The Hall–Kier alpha value is -1.21. The third-order valence-electron chi connectivity index (χ3n) is 3.00. The van der Waals surface area contributed by atoms with Gasteiger partial charge in [0.25, 0.3) is 5.91 Å². The highest BCUT2D eigenvalue weighted by Gasteiger charge is 2.21. The summed E-state index contributed by atoms with van der Waals surface area (Å²) in [5, 5.41) is 15.0. The van der Waals surface area contributed by atoms with Crippen LogP contribution in [0, 0.1) is 0 Å². The number of hydrogen-bond donors (Lipinski definition) is 2. The van der Waals surface area contributed by atoms with Crippen molar-refractivity contribution in [1.82, 2.24) is 20.4 Å². The van der Waals surface area contributed by atoms with E-state index in [0.29, 0.717) is 10.1 Å². The molecular weight excluding hydrogens is 250 g/mol. The van der Waals surface area contributed by atoms with Gasteiger partial charge in [0.2, 0.25) is 10.1 Å². The van der Waals surface area contributed by atoms with Gasteiger partial charge in [-0.1, -0.05) is 11.3 Å². The van der Waals surface area contributed by atoms with Crippen molar-refractivity contribution < 1.29 is 4.79 Å². The smallest absolute Gasteiger partial charge is 0.282 e. The molecule has 1 aromatic heterocycles. The normalized spacial score (nSPS) is 17.7. The Kier molecular flexibility index (Phi) is 4.48. The molecule has 2 heterocycles. The van der Waals surface area contributed by atoms with Crippen LogP contribution >= 0.6 is 11.3 Å². The highest BCUT2D eigenvalue weighted by atomic mass is 32.1. The van der Waals surface area contributed by atoms with Gasteiger partial charge in [-0.3, -0.25) is 4.79 Å².